The van der Waals surface area contributed by atoms with Crippen molar-refractivity contribution in [3.63, 3.8) is 0 Å². The summed E-state index contributed by atoms with van der Waals surface area (Å²) < 4.78 is 19.8. The van der Waals surface area contributed by atoms with Gasteiger partial charge in [-0.1, -0.05) is 31.4 Å². The van der Waals surface area contributed by atoms with E-state index in [9.17, 15) is 4.39 Å². The van der Waals surface area contributed by atoms with E-state index in [1.54, 1.807) is 6.07 Å². The molecule has 1 aromatic rings. The average molecular weight is 263 g/mol. The minimum Gasteiger partial charge on any atom is -0.364 e. The molecule has 104 valence electrons. The van der Waals surface area contributed by atoms with Crippen molar-refractivity contribution in [2.24, 2.45) is 0 Å². The number of nitrogens with one attached hydrogen (secondary N) is 1. The first kappa shape index (κ1) is 13.1. The Morgan fingerprint density at radius 1 is 1.26 bits per heavy atom. The van der Waals surface area contributed by atoms with E-state index in [4.69, 9.17) is 4.74 Å². The molecule has 2 fully saturated rings. The molecule has 1 unspecified atom stereocenters. The minimum absolute atomic E-state index is 0.0173. The van der Waals surface area contributed by atoms with Gasteiger partial charge in [-0.15, -0.1) is 0 Å². The molecule has 2 nitrogen and oxygen atoms in total. The fraction of sp³-hybridized carbons (Fsp3) is 0.625. The molecule has 1 N–H and O–H groups in total. The molecule has 1 saturated heterocycles. The van der Waals surface area contributed by atoms with E-state index in [1.165, 1.54) is 19.3 Å². The van der Waals surface area contributed by atoms with Crippen molar-refractivity contribution in [1.82, 2.24) is 5.32 Å². The van der Waals surface area contributed by atoms with E-state index in [-0.39, 0.29) is 17.5 Å². The molecule has 0 radical (unpaired) electrons. The standard InChI is InChI=1S/C16H22FNO/c1-12-9-13(5-6-14(12)17)15-10-18-11-16(19-15)7-3-2-4-8-16/h5-6,9,15,18H,2-4,7-8,10-11H2,1H3. The van der Waals surface area contributed by atoms with Crippen molar-refractivity contribution in [3.8, 4) is 0 Å². The van der Waals surface area contributed by atoms with Crippen LogP contribution >= 0.6 is 0 Å². The van der Waals surface area contributed by atoms with Crippen LogP contribution < -0.4 is 5.32 Å². The average Bonchev–Trinajstić information content (AvgIpc) is 2.43. The summed E-state index contributed by atoms with van der Waals surface area (Å²) in [6.07, 6.45) is 6.21. The number of aryl methyl sites for hydroxylation is 1. The number of ether oxygens (including phenoxy) is 1. The molecule has 1 aromatic carbocycles. The van der Waals surface area contributed by atoms with Crippen LogP contribution in [0.3, 0.4) is 0 Å². The summed E-state index contributed by atoms with van der Waals surface area (Å²) in [5.74, 6) is -0.139. The topological polar surface area (TPSA) is 21.3 Å². The molecule has 3 heteroatoms. The van der Waals surface area contributed by atoms with Gasteiger partial charge in [-0.25, -0.2) is 4.39 Å². The van der Waals surface area contributed by atoms with Crippen molar-refractivity contribution in [2.45, 2.75) is 50.7 Å². The zero-order valence-electron chi connectivity index (χ0n) is 11.5. The Bertz CT molecular complexity index is 449. The lowest BCUT2D eigenvalue weighted by Crippen LogP contribution is -2.51. The number of hydrogen-bond donors (Lipinski definition) is 1. The molecule has 19 heavy (non-hydrogen) atoms. The molecule has 3 rings (SSSR count). The molecule has 1 spiro atoms. The SMILES string of the molecule is Cc1cc(C2CNCC3(CCCCC3)O2)ccc1F. The van der Waals surface area contributed by atoms with E-state index >= 15 is 0 Å². The van der Waals surface area contributed by atoms with Crippen molar-refractivity contribution >= 4 is 0 Å². The van der Waals surface area contributed by atoms with Crippen LogP contribution in [-0.4, -0.2) is 18.7 Å². The summed E-state index contributed by atoms with van der Waals surface area (Å²) in [5, 5.41) is 3.51. The van der Waals surface area contributed by atoms with Gasteiger partial charge in [0.2, 0.25) is 0 Å². The highest BCUT2D eigenvalue weighted by molar-refractivity contribution is 5.26. The molecule has 0 bridgehead atoms. The molecule has 1 atom stereocenters. The van der Waals surface area contributed by atoms with Gasteiger partial charge in [0, 0.05) is 13.1 Å². The summed E-state index contributed by atoms with van der Waals surface area (Å²) in [7, 11) is 0. The number of halogens is 1. The summed E-state index contributed by atoms with van der Waals surface area (Å²) in [4.78, 5) is 0. The highest BCUT2D eigenvalue weighted by Crippen LogP contribution is 2.38. The lowest BCUT2D eigenvalue weighted by molar-refractivity contribution is -0.135. The first-order valence-corrected chi connectivity index (χ1v) is 7.33. The molecule has 1 aliphatic carbocycles. The van der Waals surface area contributed by atoms with E-state index in [1.807, 2.05) is 19.1 Å². The third kappa shape index (κ3) is 2.67. The van der Waals surface area contributed by atoms with Gasteiger partial charge >= 0.3 is 0 Å². The molecule has 0 aromatic heterocycles. The Labute approximate surface area is 114 Å². The van der Waals surface area contributed by atoms with Gasteiger partial charge in [0.05, 0.1) is 11.7 Å². The van der Waals surface area contributed by atoms with E-state index in [0.29, 0.717) is 5.56 Å². The van der Waals surface area contributed by atoms with Crippen LogP contribution in [-0.2, 0) is 4.74 Å². The number of hydrogen-bond acceptors (Lipinski definition) is 2. The van der Waals surface area contributed by atoms with E-state index in [2.05, 4.69) is 5.32 Å². The van der Waals surface area contributed by atoms with Gasteiger partial charge in [-0.05, 0) is 37.0 Å². The fourth-order valence-corrected chi connectivity index (χ4v) is 3.36. The summed E-state index contributed by atoms with van der Waals surface area (Å²) in [6, 6.07) is 5.33. The Kier molecular flexibility index (Phi) is 3.59. The van der Waals surface area contributed by atoms with Crippen LogP contribution in [0.5, 0.6) is 0 Å². The second-order valence-electron chi connectivity index (χ2n) is 5.99. The monoisotopic (exact) mass is 263 g/mol. The second kappa shape index (κ2) is 5.22. The van der Waals surface area contributed by atoms with Crippen molar-refractivity contribution in [2.75, 3.05) is 13.1 Å². The molecule has 1 aliphatic heterocycles. The summed E-state index contributed by atoms with van der Waals surface area (Å²) in [5.41, 5.74) is 1.81. The van der Waals surface area contributed by atoms with Crippen LogP contribution in [0, 0.1) is 12.7 Å². The van der Waals surface area contributed by atoms with Gasteiger partial charge in [-0.3, -0.25) is 0 Å². The van der Waals surface area contributed by atoms with Gasteiger partial charge in [0.1, 0.15) is 5.82 Å². The van der Waals surface area contributed by atoms with Crippen molar-refractivity contribution in [3.05, 3.63) is 35.1 Å². The molecular formula is C16H22FNO. The summed E-state index contributed by atoms with van der Waals surface area (Å²) in [6.45, 7) is 3.60. The quantitative estimate of drug-likeness (QED) is 0.837. The van der Waals surface area contributed by atoms with E-state index < -0.39 is 0 Å². The van der Waals surface area contributed by atoms with Crippen molar-refractivity contribution in [1.29, 1.82) is 0 Å². The number of morpholine rings is 1. The van der Waals surface area contributed by atoms with Crippen LogP contribution in [0.2, 0.25) is 0 Å². The Balaban J connectivity index is 1.78. The van der Waals surface area contributed by atoms with Crippen LogP contribution in [0.4, 0.5) is 4.39 Å². The fourth-order valence-electron chi connectivity index (χ4n) is 3.36. The number of benzene rings is 1. The van der Waals surface area contributed by atoms with Gasteiger partial charge < -0.3 is 10.1 Å². The smallest absolute Gasteiger partial charge is 0.126 e. The maximum Gasteiger partial charge on any atom is 0.126 e. The Morgan fingerprint density at radius 2 is 2.05 bits per heavy atom. The number of rotatable bonds is 1. The van der Waals surface area contributed by atoms with Gasteiger partial charge in [-0.2, -0.15) is 0 Å². The lowest BCUT2D eigenvalue weighted by atomic mass is 9.83. The highest BCUT2D eigenvalue weighted by Gasteiger charge is 2.38. The Hall–Kier alpha value is -0.930. The molecule has 1 heterocycles. The maximum atomic E-state index is 13.4. The van der Waals surface area contributed by atoms with Gasteiger partial charge in [0.25, 0.3) is 0 Å². The molecule has 2 aliphatic rings. The lowest BCUT2D eigenvalue weighted by Gasteiger charge is -2.44. The van der Waals surface area contributed by atoms with Crippen LogP contribution in [0.15, 0.2) is 18.2 Å². The normalized spacial score (nSPS) is 26.5. The summed E-state index contributed by atoms with van der Waals surface area (Å²) >= 11 is 0. The molecular weight excluding hydrogens is 241 g/mol. The second-order valence-corrected chi connectivity index (χ2v) is 5.99. The third-order valence-corrected chi connectivity index (χ3v) is 4.49. The maximum absolute atomic E-state index is 13.4. The van der Waals surface area contributed by atoms with Crippen LogP contribution in [0.25, 0.3) is 0 Å². The zero-order valence-corrected chi connectivity index (χ0v) is 11.5. The zero-order chi connectivity index (χ0) is 13.3. The van der Waals surface area contributed by atoms with Gasteiger partial charge in [0.15, 0.2) is 0 Å². The largest absolute Gasteiger partial charge is 0.364 e. The predicted octanol–water partition coefficient (Wildman–Crippen LogP) is 3.50. The van der Waals surface area contributed by atoms with Crippen LogP contribution in [0.1, 0.15) is 49.3 Å². The first-order valence-electron chi connectivity index (χ1n) is 7.33. The predicted molar refractivity (Wildman–Crippen MR) is 73.6 cm³/mol. The highest BCUT2D eigenvalue weighted by atomic mass is 19.1. The van der Waals surface area contributed by atoms with Crippen molar-refractivity contribution < 1.29 is 9.13 Å². The van der Waals surface area contributed by atoms with E-state index in [0.717, 1.165) is 31.5 Å². The molecule has 0 amide bonds. The third-order valence-electron chi connectivity index (χ3n) is 4.49. The first-order chi connectivity index (χ1) is 9.19. The Morgan fingerprint density at radius 3 is 2.79 bits per heavy atom. The molecule has 1 saturated carbocycles. The minimum atomic E-state index is -0.139.